The summed E-state index contributed by atoms with van der Waals surface area (Å²) in [6, 6.07) is 11.9. The van der Waals surface area contributed by atoms with Gasteiger partial charge in [-0.05, 0) is 30.7 Å². The third-order valence-corrected chi connectivity index (χ3v) is 5.03. The molecule has 1 aromatic carbocycles. The monoisotopic (exact) mass is 412 g/mol. The molecule has 0 unspecified atom stereocenters. The van der Waals surface area contributed by atoms with E-state index in [1.165, 1.54) is 28.2 Å². The van der Waals surface area contributed by atoms with Crippen molar-refractivity contribution in [2.24, 2.45) is 0 Å². The van der Waals surface area contributed by atoms with Crippen LogP contribution in [0.5, 0.6) is 5.75 Å². The van der Waals surface area contributed by atoms with Gasteiger partial charge in [0, 0.05) is 23.2 Å². The van der Waals surface area contributed by atoms with Crippen molar-refractivity contribution in [2.45, 2.75) is 13.5 Å². The minimum Gasteiger partial charge on any atom is -0.497 e. The van der Waals surface area contributed by atoms with Crippen LogP contribution in [0, 0.1) is 0 Å². The van der Waals surface area contributed by atoms with Gasteiger partial charge in [-0.3, -0.25) is 9.59 Å². The number of hydrogen-bond donors (Lipinski definition) is 1. The molecule has 0 aliphatic carbocycles. The van der Waals surface area contributed by atoms with E-state index >= 15 is 0 Å². The Bertz CT molecular complexity index is 1070. The van der Waals surface area contributed by atoms with Crippen LogP contribution in [-0.4, -0.2) is 30.2 Å². The Morgan fingerprint density at radius 3 is 2.55 bits per heavy atom. The van der Waals surface area contributed by atoms with Crippen molar-refractivity contribution in [1.82, 2.24) is 4.57 Å². The summed E-state index contributed by atoms with van der Waals surface area (Å²) in [6.07, 6.45) is 1.53. The Morgan fingerprint density at radius 1 is 1.14 bits per heavy atom. The van der Waals surface area contributed by atoms with E-state index in [1.54, 1.807) is 43.7 Å². The number of ether oxygens (including phenoxy) is 2. The van der Waals surface area contributed by atoms with Crippen LogP contribution in [0.15, 0.2) is 58.8 Å². The van der Waals surface area contributed by atoms with Crippen molar-refractivity contribution >= 4 is 28.2 Å². The van der Waals surface area contributed by atoms with Crippen molar-refractivity contribution in [2.75, 3.05) is 19.0 Å². The normalized spacial score (nSPS) is 10.4. The fourth-order valence-corrected chi connectivity index (χ4v) is 3.72. The molecule has 0 atom stereocenters. The number of benzene rings is 1. The molecule has 3 aromatic rings. The van der Waals surface area contributed by atoms with E-state index in [1.807, 2.05) is 12.1 Å². The summed E-state index contributed by atoms with van der Waals surface area (Å²) in [7, 11) is 1.58. The first-order chi connectivity index (χ1) is 14.0. The number of methoxy groups -OCH3 is 1. The number of thiophene rings is 1. The summed E-state index contributed by atoms with van der Waals surface area (Å²) in [6.45, 7) is 1.78. The zero-order chi connectivity index (χ0) is 20.8. The van der Waals surface area contributed by atoms with Gasteiger partial charge in [0.15, 0.2) is 0 Å². The Labute approximate surface area is 171 Å². The zero-order valence-electron chi connectivity index (χ0n) is 16.0. The second-order valence-electron chi connectivity index (χ2n) is 6.02. The highest BCUT2D eigenvalue weighted by molar-refractivity contribution is 7.15. The third-order valence-electron chi connectivity index (χ3n) is 4.14. The average Bonchev–Trinajstić information content (AvgIpc) is 3.13. The number of nitrogens with zero attached hydrogens (tertiary/aromatic N) is 1. The molecule has 0 saturated carbocycles. The maximum absolute atomic E-state index is 12.6. The van der Waals surface area contributed by atoms with Crippen LogP contribution in [0.2, 0.25) is 0 Å². The number of hydrogen-bond acceptors (Lipinski definition) is 6. The van der Waals surface area contributed by atoms with Gasteiger partial charge in [-0.15, -0.1) is 11.3 Å². The first kappa shape index (κ1) is 20.3. The summed E-state index contributed by atoms with van der Waals surface area (Å²) >= 11 is 1.23. The zero-order valence-corrected chi connectivity index (χ0v) is 16.8. The predicted octanol–water partition coefficient (Wildman–Crippen LogP) is 3.40. The topological polar surface area (TPSA) is 86.6 Å². The lowest BCUT2D eigenvalue weighted by atomic mass is 10.0. The van der Waals surface area contributed by atoms with E-state index in [0.717, 1.165) is 5.56 Å². The molecule has 0 aliphatic heterocycles. The lowest BCUT2D eigenvalue weighted by Crippen LogP contribution is -2.26. The Morgan fingerprint density at radius 2 is 1.90 bits per heavy atom. The highest BCUT2D eigenvalue weighted by atomic mass is 32.1. The molecule has 0 fully saturated rings. The van der Waals surface area contributed by atoms with Gasteiger partial charge in [-0.2, -0.15) is 0 Å². The molecule has 0 aliphatic rings. The number of amides is 1. The summed E-state index contributed by atoms with van der Waals surface area (Å²) in [4.78, 5) is 36.9. The van der Waals surface area contributed by atoms with Crippen molar-refractivity contribution < 1.29 is 19.1 Å². The minimum absolute atomic E-state index is 0.155. The highest BCUT2D eigenvalue weighted by Crippen LogP contribution is 2.36. The molecule has 150 valence electrons. The minimum atomic E-state index is -0.522. The van der Waals surface area contributed by atoms with Gasteiger partial charge in [0.05, 0.1) is 13.7 Å². The van der Waals surface area contributed by atoms with Crippen LogP contribution in [0.3, 0.4) is 0 Å². The van der Waals surface area contributed by atoms with Crippen LogP contribution in [-0.2, 0) is 16.1 Å². The number of nitrogens with one attached hydrogen (secondary N) is 1. The fraction of sp³-hybridized carbons (Fsp3) is 0.190. The van der Waals surface area contributed by atoms with E-state index in [-0.39, 0.29) is 24.3 Å². The van der Waals surface area contributed by atoms with E-state index in [2.05, 4.69) is 5.32 Å². The molecular formula is C21H20N2O5S. The predicted molar refractivity (Wildman–Crippen MR) is 112 cm³/mol. The molecule has 0 bridgehead atoms. The summed E-state index contributed by atoms with van der Waals surface area (Å²) < 4.78 is 11.7. The van der Waals surface area contributed by atoms with Crippen molar-refractivity contribution in [1.29, 1.82) is 0 Å². The number of carbonyl (C=O) groups excluding carboxylic acids is 2. The third kappa shape index (κ3) is 4.72. The van der Waals surface area contributed by atoms with Gasteiger partial charge in [0.1, 0.15) is 22.9 Å². The summed E-state index contributed by atoms with van der Waals surface area (Å²) in [5.74, 6) is -0.234. The second-order valence-corrected chi connectivity index (χ2v) is 6.90. The maximum Gasteiger partial charge on any atom is 0.341 e. The van der Waals surface area contributed by atoms with Crippen LogP contribution in [0.25, 0.3) is 11.1 Å². The molecule has 29 heavy (non-hydrogen) atoms. The Kier molecular flexibility index (Phi) is 6.46. The second kappa shape index (κ2) is 9.20. The van der Waals surface area contributed by atoms with Crippen molar-refractivity contribution in [3.63, 3.8) is 0 Å². The Hall–Kier alpha value is -3.39. The van der Waals surface area contributed by atoms with Gasteiger partial charge >= 0.3 is 5.97 Å². The van der Waals surface area contributed by atoms with Crippen LogP contribution in [0.4, 0.5) is 5.00 Å². The molecule has 1 amide bonds. The molecule has 0 saturated heterocycles. The number of aromatic nitrogens is 1. The number of rotatable bonds is 7. The van der Waals surface area contributed by atoms with Crippen LogP contribution >= 0.6 is 11.3 Å². The first-order valence-electron chi connectivity index (χ1n) is 8.91. The summed E-state index contributed by atoms with van der Waals surface area (Å²) in [5.41, 5.74) is 1.46. The van der Waals surface area contributed by atoms with Gasteiger partial charge in [-0.1, -0.05) is 18.2 Å². The Balaban J connectivity index is 1.90. The van der Waals surface area contributed by atoms with Crippen molar-refractivity contribution in [3.05, 3.63) is 70.0 Å². The summed E-state index contributed by atoms with van der Waals surface area (Å²) in [5, 5.41) is 4.90. The van der Waals surface area contributed by atoms with Crippen LogP contribution in [0.1, 0.15) is 17.3 Å². The quantitative estimate of drug-likeness (QED) is 0.601. The van der Waals surface area contributed by atoms with Gasteiger partial charge in [-0.25, -0.2) is 4.79 Å². The molecule has 0 radical (unpaired) electrons. The molecule has 8 heteroatoms. The van der Waals surface area contributed by atoms with E-state index < -0.39 is 11.9 Å². The first-order valence-corrected chi connectivity index (χ1v) is 9.79. The molecule has 7 nitrogen and oxygen atoms in total. The lowest BCUT2D eigenvalue weighted by molar-refractivity contribution is -0.116. The molecular weight excluding hydrogens is 392 g/mol. The van der Waals surface area contributed by atoms with E-state index in [9.17, 15) is 14.4 Å². The number of carbonyl (C=O) groups is 2. The number of esters is 1. The molecule has 3 rings (SSSR count). The van der Waals surface area contributed by atoms with Gasteiger partial charge in [0.25, 0.3) is 5.56 Å². The molecule has 2 heterocycles. The van der Waals surface area contributed by atoms with Crippen molar-refractivity contribution in [3.8, 4) is 16.9 Å². The largest absolute Gasteiger partial charge is 0.497 e. The average molecular weight is 412 g/mol. The SMILES string of the molecule is CCOC(=O)c1c(-c2ccc(OC)cc2)csc1NC(=O)Cn1ccccc1=O. The molecule has 0 spiro atoms. The number of pyridine rings is 1. The molecule has 2 aromatic heterocycles. The van der Waals surface area contributed by atoms with Gasteiger partial charge < -0.3 is 19.4 Å². The standard InChI is InChI=1S/C21H20N2O5S/c1-3-28-21(26)19-16(14-7-9-15(27-2)10-8-14)13-29-20(19)22-17(24)12-23-11-5-4-6-18(23)25/h4-11,13H,3,12H2,1-2H3,(H,22,24). The number of anilines is 1. The fourth-order valence-electron chi connectivity index (χ4n) is 2.75. The highest BCUT2D eigenvalue weighted by Gasteiger charge is 2.23. The van der Waals surface area contributed by atoms with Crippen LogP contribution < -0.4 is 15.6 Å². The lowest BCUT2D eigenvalue weighted by Gasteiger charge is -2.10. The van der Waals surface area contributed by atoms with Gasteiger partial charge in [0.2, 0.25) is 5.91 Å². The smallest absolute Gasteiger partial charge is 0.341 e. The maximum atomic E-state index is 12.6. The van der Waals surface area contributed by atoms with E-state index in [4.69, 9.17) is 9.47 Å². The molecule has 1 N–H and O–H groups in total. The van der Waals surface area contributed by atoms with E-state index in [0.29, 0.717) is 16.3 Å².